The summed E-state index contributed by atoms with van der Waals surface area (Å²) in [6.45, 7) is 0. The highest BCUT2D eigenvalue weighted by molar-refractivity contribution is 7.26. The van der Waals surface area contributed by atoms with E-state index >= 15 is 0 Å². The summed E-state index contributed by atoms with van der Waals surface area (Å²) < 4.78 is 9.16. The lowest BCUT2D eigenvalue weighted by molar-refractivity contribution is 0.673. The van der Waals surface area contributed by atoms with Crippen LogP contribution in [-0.4, -0.2) is 0 Å². The summed E-state index contributed by atoms with van der Waals surface area (Å²) in [6, 6.07) is 45.1. The first-order valence-corrected chi connectivity index (χ1v) is 13.3. The van der Waals surface area contributed by atoms with Gasteiger partial charge in [-0.1, -0.05) is 72.8 Å². The van der Waals surface area contributed by atoms with E-state index in [0.29, 0.717) is 0 Å². The Bertz CT molecular complexity index is 2050. The van der Waals surface area contributed by atoms with Gasteiger partial charge in [-0.2, -0.15) is 0 Å². The molecular weight excluding hydrogens is 470 g/mol. The number of benzene rings is 6. The van der Waals surface area contributed by atoms with E-state index in [0.717, 1.165) is 28.2 Å². The normalized spacial score (nSPS) is 11.8. The van der Waals surface area contributed by atoms with E-state index < -0.39 is 0 Å². The third kappa shape index (κ3) is 3.05. The van der Waals surface area contributed by atoms with Crippen LogP contribution in [0.4, 0.5) is 17.1 Å². The molecule has 0 aliphatic carbocycles. The van der Waals surface area contributed by atoms with Crippen molar-refractivity contribution in [2.75, 3.05) is 4.90 Å². The van der Waals surface area contributed by atoms with E-state index in [1.807, 2.05) is 11.3 Å². The Labute approximate surface area is 217 Å². The second-order valence-corrected chi connectivity index (χ2v) is 10.4. The molecule has 0 atom stereocenters. The lowest BCUT2D eigenvalue weighted by atomic mass is 10.0. The average Bonchev–Trinajstić information content (AvgIpc) is 3.53. The molecule has 0 saturated heterocycles. The highest BCUT2D eigenvalue weighted by Gasteiger charge is 2.21. The first kappa shape index (κ1) is 20.6. The van der Waals surface area contributed by atoms with Gasteiger partial charge in [-0.25, -0.2) is 0 Å². The van der Waals surface area contributed by atoms with Crippen molar-refractivity contribution in [2.45, 2.75) is 0 Å². The number of hydrogen-bond acceptors (Lipinski definition) is 3. The Balaban J connectivity index is 1.52. The number of para-hydroxylation sites is 2. The highest BCUT2D eigenvalue weighted by atomic mass is 32.1. The molecule has 0 N–H and O–H groups in total. The Morgan fingerprint density at radius 2 is 1.19 bits per heavy atom. The zero-order chi connectivity index (χ0) is 24.3. The standard InChI is InChI=1S/C34H21NOS/c1-3-11-23(12-4-1)35(24-13-5-2-6-14-24)27-16-9-17-29-32(27)33-30(37-29)21-19-26-31-25-15-8-7-10-22(25)18-20-28(31)36-34(26)33/h1-21H. The fourth-order valence-electron chi connectivity index (χ4n) is 5.66. The van der Waals surface area contributed by atoms with E-state index in [1.165, 1.54) is 41.7 Å². The number of hydrogen-bond donors (Lipinski definition) is 0. The molecule has 2 heterocycles. The van der Waals surface area contributed by atoms with Crippen LogP contribution >= 0.6 is 11.3 Å². The van der Waals surface area contributed by atoms with Crippen molar-refractivity contribution in [3.63, 3.8) is 0 Å². The molecule has 37 heavy (non-hydrogen) atoms. The first-order chi connectivity index (χ1) is 18.4. The highest BCUT2D eigenvalue weighted by Crippen LogP contribution is 2.48. The molecule has 8 aromatic rings. The predicted molar refractivity (Wildman–Crippen MR) is 159 cm³/mol. The molecule has 8 rings (SSSR count). The van der Waals surface area contributed by atoms with Crippen molar-refractivity contribution in [1.29, 1.82) is 0 Å². The molecule has 0 spiro atoms. The zero-order valence-corrected chi connectivity index (χ0v) is 20.7. The molecule has 0 saturated carbocycles. The molecule has 0 unspecified atom stereocenters. The quantitative estimate of drug-likeness (QED) is 0.244. The summed E-state index contributed by atoms with van der Waals surface area (Å²) >= 11 is 1.83. The predicted octanol–water partition coefficient (Wildman–Crippen LogP) is 10.6. The summed E-state index contributed by atoms with van der Waals surface area (Å²) in [5.41, 5.74) is 5.30. The summed E-state index contributed by atoms with van der Waals surface area (Å²) in [6.07, 6.45) is 0. The number of anilines is 3. The number of furan rings is 1. The molecule has 0 fully saturated rings. The second kappa shape index (κ2) is 7.95. The molecule has 0 radical (unpaired) electrons. The Kier molecular flexibility index (Phi) is 4.42. The average molecular weight is 492 g/mol. The van der Waals surface area contributed by atoms with Gasteiger partial charge in [-0.3, -0.25) is 0 Å². The smallest absolute Gasteiger partial charge is 0.144 e. The Morgan fingerprint density at radius 1 is 0.486 bits per heavy atom. The number of rotatable bonds is 3. The van der Waals surface area contributed by atoms with E-state index in [4.69, 9.17) is 4.42 Å². The third-order valence-corrected chi connectivity index (χ3v) is 8.36. The van der Waals surface area contributed by atoms with Gasteiger partial charge in [0.15, 0.2) is 0 Å². The van der Waals surface area contributed by atoms with Gasteiger partial charge in [0.05, 0.1) is 5.69 Å². The van der Waals surface area contributed by atoms with Crippen LogP contribution in [0.25, 0.3) is 52.9 Å². The minimum atomic E-state index is 0.931. The number of nitrogens with zero attached hydrogens (tertiary/aromatic N) is 1. The molecule has 0 aliphatic heterocycles. The summed E-state index contributed by atoms with van der Waals surface area (Å²) in [7, 11) is 0. The van der Waals surface area contributed by atoms with Gasteiger partial charge in [0.2, 0.25) is 0 Å². The first-order valence-electron chi connectivity index (χ1n) is 12.5. The minimum absolute atomic E-state index is 0.931. The van der Waals surface area contributed by atoms with E-state index in [2.05, 4.69) is 132 Å². The van der Waals surface area contributed by atoms with Gasteiger partial charge in [0, 0.05) is 42.3 Å². The van der Waals surface area contributed by atoms with E-state index in [9.17, 15) is 0 Å². The van der Waals surface area contributed by atoms with Crippen LogP contribution in [0.15, 0.2) is 132 Å². The van der Waals surface area contributed by atoms with E-state index in [1.54, 1.807) is 0 Å². The molecule has 2 aromatic heterocycles. The molecule has 0 bridgehead atoms. The third-order valence-electron chi connectivity index (χ3n) is 7.24. The maximum absolute atomic E-state index is 6.67. The van der Waals surface area contributed by atoms with Crippen LogP contribution in [-0.2, 0) is 0 Å². The van der Waals surface area contributed by atoms with Gasteiger partial charge in [-0.15, -0.1) is 11.3 Å². The molecule has 3 heteroatoms. The van der Waals surface area contributed by atoms with Crippen molar-refractivity contribution in [3.8, 4) is 0 Å². The molecule has 0 aliphatic rings. The Morgan fingerprint density at radius 3 is 1.97 bits per heavy atom. The van der Waals surface area contributed by atoms with Crippen molar-refractivity contribution in [1.82, 2.24) is 0 Å². The molecular formula is C34H21NOS. The molecule has 2 nitrogen and oxygen atoms in total. The van der Waals surface area contributed by atoms with Crippen molar-refractivity contribution in [3.05, 3.63) is 127 Å². The maximum atomic E-state index is 6.67. The van der Waals surface area contributed by atoms with Crippen molar-refractivity contribution < 1.29 is 4.42 Å². The summed E-state index contributed by atoms with van der Waals surface area (Å²) in [5.74, 6) is 0. The van der Waals surface area contributed by atoms with E-state index in [-0.39, 0.29) is 0 Å². The lowest BCUT2D eigenvalue weighted by Gasteiger charge is -2.26. The van der Waals surface area contributed by atoms with Crippen LogP contribution < -0.4 is 4.90 Å². The van der Waals surface area contributed by atoms with Crippen LogP contribution in [0, 0.1) is 0 Å². The van der Waals surface area contributed by atoms with Crippen LogP contribution in [0.2, 0.25) is 0 Å². The summed E-state index contributed by atoms with van der Waals surface area (Å²) in [5, 5.41) is 7.23. The zero-order valence-electron chi connectivity index (χ0n) is 19.9. The molecule has 6 aromatic carbocycles. The maximum Gasteiger partial charge on any atom is 0.144 e. The van der Waals surface area contributed by atoms with Crippen LogP contribution in [0.5, 0.6) is 0 Å². The number of thiophene rings is 1. The molecule has 174 valence electrons. The van der Waals surface area contributed by atoms with Gasteiger partial charge in [-0.05, 0) is 65.4 Å². The van der Waals surface area contributed by atoms with Gasteiger partial charge in [0.25, 0.3) is 0 Å². The SMILES string of the molecule is c1ccc(N(c2ccccc2)c2cccc3sc4ccc5c(oc6ccc7ccccc7c65)c4c23)cc1. The number of fused-ring (bicyclic) bond motifs is 9. The van der Waals surface area contributed by atoms with Crippen molar-refractivity contribution >= 4 is 81.3 Å². The Hall–Kier alpha value is -4.60. The second-order valence-electron chi connectivity index (χ2n) is 9.34. The monoisotopic (exact) mass is 491 g/mol. The van der Waals surface area contributed by atoms with Gasteiger partial charge >= 0.3 is 0 Å². The minimum Gasteiger partial charge on any atom is -0.455 e. The fourth-order valence-corrected chi connectivity index (χ4v) is 6.78. The lowest BCUT2D eigenvalue weighted by Crippen LogP contribution is -2.09. The largest absolute Gasteiger partial charge is 0.455 e. The topological polar surface area (TPSA) is 16.4 Å². The van der Waals surface area contributed by atoms with Crippen LogP contribution in [0.1, 0.15) is 0 Å². The fraction of sp³-hybridized carbons (Fsp3) is 0. The molecule has 0 amide bonds. The van der Waals surface area contributed by atoms with Gasteiger partial charge < -0.3 is 9.32 Å². The van der Waals surface area contributed by atoms with Crippen molar-refractivity contribution in [2.24, 2.45) is 0 Å². The van der Waals surface area contributed by atoms with Crippen LogP contribution in [0.3, 0.4) is 0 Å². The summed E-state index contributed by atoms with van der Waals surface area (Å²) in [4.78, 5) is 2.35. The van der Waals surface area contributed by atoms with Gasteiger partial charge in [0.1, 0.15) is 11.2 Å².